The van der Waals surface area contributed by atoms with E-state index >= 15 is 0 Å². The highest BCUT2D eigenvalue weighted by Gasteiger charge is 1.84. The normalized spacial score (nSPS) is 16.9. The molecule has 0 unspecified atom stereocenters. The smallest absolute Gasteiger partial charge is 0.0199 e. The molecule has 1 N–H and O–H groups in total. The zero-order valence-electron chi connectivity index (χ0n) is 4.81. The Labute approximate surface area is 48.6 Å². The topological polar surface area (TPSA) is 24.4 Å². The standard InChI is InChI=1S/C6H8N2/c1-6-3-2-4-7-8-5-6/h2,5,8H,3H2,1H3. The summed E-state index contributed by atoms with van der Waals surface area (Å²) in [6.07, 6.45) is 4.72. The molecule has 0 aromatic heterocycles. The molecule has 42 valence electrons. The third-order valence-corrected chi connectivity index (χ3v) is 0.955. The Morgan fingerprint density at radius 3 is 3.62 bits per heavy atom. The maximum absolute atomic E-state index is 3.69. The predicted octanol–water partition coefficient (Wildman–Crippen LogP) is 1.02. The van der Waals surface area contributed by atoms with Crippen molar-refractivity contribution >= 4 is 5.87 Å². The van der Waals surface area contributed by atoms with E-state index in [1.165, 1.54) is 5.57 Å². The van der Waals surface area contributed by atoms with Crippen molar-refractivity contribution in [3.05, 3.63) is 17.8 Å². The molecule has 8 heavy (non-hydrogen) atoms. The van der Waals surface area contributed by atoms with Gasteiger partial charge in [0.1, 0.15) is 0 Å². The fourth-order valence-electron chi connectivity index (χ4n) is 0.491. The van der Waals surface area contributed by atoms with E-state index in [1.807, 2.05) is 19.2 Å². The monoisotopic (exact) mass is 108 g/mol. The average Bonchev–Trinajstić information content (AvgIpc) is 1.94. The van der Waals surface area contributed by atoms with Gasteiger partial charge in [-0.2, -0.15) is 0 Å². The van der Waals surface area contributed by atoms with Crippen LogP contribution in [0.4, 0.5) is 0 Å². The van der Waals surface area contributed by atoms with Gasteiger partial charge in [0.15, 0.2) is 0 Å². The molecule has 0 fully saturated rings. The summed E-state index contributed by atoms with van der Waals surface area (Å²) < 4.78 is 0. The lowest BCUT2D eigenvalue weighted by molar-refractivity contribution is 0.961. The van der Waals surface area contributed by atoms with Gasteiger partial charge >= 0.3 is 0 Å². The number of hydrogen-bond acceptors (Lipinski definition) is 2. The molecule has 0 atom stereocenters. The second-order valence-electron chi connectivity index (χ2n) is 1.77. The molecule has 0 spiro atoms. The van der Waals surface area contributed by atoms with Crippen molar-refractivity contribution < 1.29 is 0 Å². The summed E-state index contributed by atoms with van der Waals surface area (Å²) in [4.78, 5) is 0. The molecule has 2 heteroatoms. The van der Waals surface area contributed by atoms with Gasteiger partial charge in [0, 0.05) is 12.1 Å². The Balaban J connectivity index is 2.66. The minimum Gasteiger partial charge on any atom is -0.278 e. The van der Waals surface area contributed by atoms with Crippen LogP contribution in [-0.2, 0) is 0 Å². The molecule has 0 amide bonds. The number of hydrogen-bond donors (Lipinski definition) is 1. The molecule has 0 bridgehead atoms. The maximum Gasteiger partial charge on any atom is 0.0199 e. The van der Waals surface area contributed by atoms with E-state index in [0.29, 0.717) is 0 Å². The Bertz CT molecular complexity index is 161. The van der Waals surface area contributed by atoms with E-state index in [4.69, 9.17) is 0 Å². The van der Waals surface area contributed by atoms with Gasteiger partial charge in [-0.1, -0.05) is 5.57 Å². The van der Waals surface area contributed by atoms with Crippen molar-refractivity contribution in [3.8, 4) is 0 Å². The molecule has 0 radical (unpaired) electrons. The van der Waals surface area contributed by atoms with E-state index in [9.17, 15) is 0 Å². The summed E-state index contributed by atoms with van der Waals surface area (Å²) in [5.41, 5.74) is 3.99. The largest absolute Gasteiger partial charge is 0.278 e. The van der Waals surface area contributed by atoms with Crippen molar-refractivity contribution in [2.45, 2.75) is 13.3 Å². The molecule has 0 aromatic rings. The van der Waals surface area contributed by atoms with Crippen molar-refractivity contribution in [1.82, 2.24) is 5.43 Å². The summed E-state index contributed by atoms with van der Waals surface area (Å²) in [5.74, 6) is 2.71. The number of nitrogens with zero attached hydrogens (tertiary/aromatic N) is 1. The molecule has 1 rings (SSSR count). The SMILES string of the molecule is CC1=CNN=C=CC1. The first-order valence-corrected chi connectivity index (χ1v) is 2.58. The summed E-state index contributed by atoms with van der Waals surface area (Å²) in [6.45, 7) is 2.05. The van der Waals surface area contributed by atoms with Gasteiger partial charge in [-0.3, -0.25) is 5.43 Å². The van der Waals surface area contributed by atoms with Gasteiger partial charge in [-0.15, -0.1) is 5.10 Å². The fourth-order valence-corrected chi connectivity index (χ4v) is 0.491. The number of allylic oxidation sites excluding steroid dienone is 2. The van der Waals surface area contributed by atoms with Crippen LogP contribution in [0.5, 0.6) is 0 Å². The lowest BCUT2D eigenvalue weighted by Crippen LogP contribution is -1.90. The zero-order valence-corrected chi connectivity index (χ0v) is 4.81. The molecule has 0 aromatic carbocycles. The lowest BCUT2D eigenvalue weighted by Gasteiger charge is -1.88. The van der Waals surface area contributed by atoms with Gasteiger partial charge in [-0.05, 0) is 19.4 Å². The van der Waals surface area contributed by atoms with Crippen LogP contribution in [-0.4, -0.2) is 5.87 Å². The summed E-state index contributed by atoms with van der Waals surface area (Å²) >= 11 is 0. The Morgan fingerprint density at radius 2 is 2.75 bits per heavy atom. The molecule has 1 heterocycles. The average molecular weight is 108 g/mol. The van der Waals surface area contributed by atoms with Crippen molar-refractivity contribution in [3.63, 3.8) is 0 Å². The summed E-state index contributed by atoms with van der Waals surface area (Å²) in [7, 11) is 0. The van der Waals surface area contributed by atoms with Gasteiger partial charge in [-0.25, -0.2) is 0 Å². The van der Waals surface area contributed by atoms with Crippen LogP contribution in [0, 0.1) is 0 Å². The zero-order chi connectivity index (χ0) is 5.82. The van der Waals surface area contributed by atoms with Gasteiger partial charge in [0.05, 0.1) is 0 Å². The molecule has 0 saturated heterocycles. The van der Waals surface area contributed by atoms with Crippen LogP contribution in [0.1, 0.15) is 13.3 Å². The molecule has 0 aliphatic carbocycles. The molecule has 2 nitrogen and oxygen atoms in total. The van der Waals surface area contributed by atoms with Crippen LogP contribution < -0.4 is 5.43 Å². The highest BCUT2D eigenvalue weighted by molar-refractivity contribution is 5.52. The van der Waals surface area contributed by atoms with Crippen molar-refractivity contribution in [1.29, 1.82) is 0 Å². The first kappa shape index (κ1) is 5.13. The quantitative estimate of drug-likeness (QED) is 0.492. The first-order chi connectivity index (χ1) is 3.89. The predicted molar refractivity (Wildman–Crippen MR) is 33.5 cm³/mol. The molecule has 1 aliphatic heterocycles. The van der Waals surface area contributed by atoms with Crippen molar-refractivity contribution in [2.24, 2.45) is 5.10 Å². The lowest BCUT2D eigenvalue weighted by atomic mass is 10.2. The molecule has 1 aliphatic rings. The molecular weight excluding hydrogens is 100 g/mol. The van der Waals surface area contributed by atoms with Crippen LogP contribution >= 0.6 is 0 Å². The van der Waals surface area contributed by atoms with Crippen LogP contribution in [0.25, 0.3) is 0 Å². The van der Waals surface area contributed by atoms with Gasteiger partial charge in [0.25, 0.3) is 0 Å². The number of rotatable bonds is 0. The summed E-state index contributed by atoms with van der Waals surface area (Å²) in [6, 6.07) is 0. The summed E-state index contributed by atoms with van der Waals surface area (Å²) in [5, 5.41) is 3.69. The van der Waals surface area contributed by atoms with E-state index in [0.717, 1.165) is 6.42 Å². The Morgan fingerprint density at radius 1 is 1.88 bits per heavy atom. The van der Waals surface area contributed by atoms with E-state index < -0.39 is 0 Å². The number of hydrazone groups is 1. The Hall–Kier alpha value is -1.01. The number of nitrogens with one attached hydrogen (secondary N) is 1. The Kier molecular flexibility index (Phi) is 1.50. The first-order valence-electron chi connectivity index (χ1n) is 2.58. The third kappa shape index (κ3) is 1.24. The molecule has 0 saturated carbocycles. The van der Waals surface area contributed by atoms with E-state index in [2.05, 4.69) is 16.4 Å². The van der Waals surface area contributed by atoms with Gasteiger partial charge in [0.2, 0.25) is 0 Å². The third-order valence-electron chi connectivity index (χ3n) is 0.955. The minimum atomic E-state index is 0.955. The van der Waals surface area contributed by atoms with E-state index in [-0.39, 0.29) is 0 Å². The molecular formula is C6H8N2. The second-order valence-corrected chi connectivity index (χ2v) is 1.77. The fraction of sp³-hybridized carbons (Fsp3) is 0.333. The second kappa shape index (κ2) is 2.34. The maximum atomic E-state index is 3.69. The van der Waals surface area contributed by atoms with Crippen LogP contribution in [0.15, 0.2) is 23.0 Å². The minimum absolute atomic E-state index is 0.955. The van der Waals surface area contributed by atoms with Crippen LogP contribution in [0.3, 0.4) is 0 Å². The van der Waals surface area contributed by atoms with Crippen molar-refractivity contribution in [2.75, 3.05) is 0 Å². The van der Waals surface area contributed by atoms with Gasteiger partial charge < -0.3 is 0 Å². The van der Waals surface area contributed by atoms with E-state index in [1.54, 1.807) is 0 Å². The highest BCUT2D eigenvalue weighted by atomic mass is 15.3. The van der Waals surface area contributed by atoms with Crippen LogP contribution in [0.2, 0.25) is 0 Å². The highest BCUT2D eigenvalue weighted by Crippen LogP contribution is 1.97.